The van der Waals surface area contributed by atoms with Gasteiger partial charge in [-0.25, -0.2) is 0 Å². The van der Waals surface area contributed by atoms with Crippen molar-refractivity contribution in [1.29, 1.82) is 0 Å². The quantitative estimate of drug-likeness (QED) is 0.756. The number of nitrogens with one attached hydrogen (secondary N) is 1. The van der Waals surface area contributed by atoms with E-state index in [4.69, 9.17) is 0 Å². The first-order valence-electron chi connectivity index (χ1n) is 8.37. The van der Waals surface area contributed by atoms with Gasteiger partial charge in [0.15, 0.2) is 0 Å². The van der Waals surface area contributed by atoms with Gasteiger partial charge in [-0.2, -0.15) is 0 Å². The highest BCUT2D eigenvalue weighted by Gasteiger charge is 2.29. The molecule has 0 aromatic rings. The van der Waals surface area contributed by atoms with Crippen LogP contribution in [0.4, 0.5) is 0 Å². The Balaban J connectivity index is 2.50. The summed E-state index contributed by atoms with van der Waals surface area (Å²) in [5, 5.41) is 3.71. The number of hydrogen-bond acceptors (Lipinski definition) is 2. The van der Waals surface area contributed by atoms with E-state index in [-0.39, 0.29) is 0 Å². The molecule has 4 atom stereocenters. The summed E-state index contributed by atoms with van der Waals surface area (Å²) in [5.41, 5.74) is 0. The molecule has 1 aliphatic rings. The second-order valence-corrected chi connectivity index (χ2v) is 7.26. The van der Waals surface area contributed by atoms with Crippen LogP contribution in [0.25, 0.3) is 0 Å². The second kappa shape index (κ2) is 8.26. The highest BCUT2D eigenvalue weighted by molar-refractivity contribution is 4.85. The molecule has 0 bridgehead atoms. The van der Waals surface area contributed by atoms with Crippen molar-refractivity contribution in [3.63, 3.8) is 0 Å². The van der Waals surface area contributed by atoms with Crippen molar-refractivity contribution >= 4 is 0 Å². The molecule has 0 aliphatic heterocycles. The average molecular weight is 268 g/mol. The molecule has 2 heteroatoms. The minimum absolute atomic E-state index is 0.708. The van der Waals surface area contributed by atoms with Crippen LogP contribution in [-0.2, 0) is 0 Å². The van der Waals surface area contributed by atoms with Crippen molar-refractivity contribution in [2.24, 2.45) is 17.8 Å². The predicted molar refractivity (Wildman–Crippen MR) is 85.5 cm³/mol. The van der Waals surface area contributed by atoms with Crippen molar-refractivity contribution in [3.8, 4) is 0 Å². The molecule has 0 aromatic heterocycles. The minimum Gasteiger partial charge on any atom is -0.314 e. The third-order valence-corrected chi connectivity index (χ3v) is 4.80. The highest BCUT2D eigenvalue weighted by atomic mass is 15.1. The first-order chi connectivity index (χ1) is 8.93. The average Bonchev–Trinajstić information content (AvgIpc) is 2.32. The van der Waals surface area contributed by atoms with Gasteiger partial charge in [-0.1, -0.05) is 27.7 Å². The van der Waals surface area contributed by atoms with E-state index in [0.717, 1.165) is 30.3 Å². The Labute approximate surface area is 121 Å². The first-order valence-corrected chi connectivity index (χ1v) is 8.37. The molecular weight excluding hydrogens is 232 g/mol. The second-order valence-electron chi connectivity index (χ2n) is 7.26. The molecule has 1 saturated carbocycles. The monoisotopic (exact) mass is 268 g/mol. The van der Waals surface area contributed by atoms with E-state index in [1.807, 2.05) is 0 Å². The molecule has 0 amide bonds. The van der Waals surface area contributed by atoms with Crippen LogP contribution in [0.15, 0.2) is 0 Å². The fourth-order valence-electron chi connectivity index (χ4n) is 3.64. The van der Waals surface area contributed by atoms with Gasteiger partial charge in [0.1, 0.15) is 0 Å². The van der Waals surface area contributed by atoms with Crippen LogP contribution in [-0.4, -0.2) is 37.1 Å². The molecule has 2 nitrogen and oxygen atoms in total. The minimum atomic E-state index is 0.708. The Morgan fingerprint density at radius 2 is 1.89 bits per heavy atom. The van der Waals surface area contributed by atoms with Gasteiger partial charge in [0.25, 0.3) is 0 Å². The molecule has 0 heterocycles. The van der Waals surface area contributed by atoms with Gasteiger partial charge in [-0.05, 0) is 64.0 Å². The molecule has 0 aromatic carbocycles. The molecule has 1 fully saturated rings. The molecule has 114 valence electrons. The Bertz CT molecular complexity index is 239. The van der Waals surface area contributed by atoms with Gasteiger partial charge in [0, 0.05) is 18.6 Å². The van der Waals surface area contributed by atoms with Crippen LogP contribution in [0, 0.1) is 17.8 Å². The van der Waals surface area contributed by atoms with E-state index in [0.29, 0.717) is 6.04 Å². The summed E-state index contributed by atoms with van der Waals surface area (Å²) in [4.78, 5) is 2.59. The van der Waals surface area contributed by atoms with E-state index in [1.54, 1.807) is 0 Å². The summed E-state index contributed by atoms with van der Waals surface area (Å²) in [5.74, 6) is 2.55. The fourth-order valence-corrected chi connectivity index (χ4v) is 3.64. The lowest BCUT2D eigenvalue weighted by atomic mass is 9.78. The Kier molecular flexibility index (Phi) is 7.38. The summed E-state index contributed by atoms with van der Waals surface area (Å²) >= 11 is 0. The molecule has 0 radical (unpaired) electrons. The molecule has 0 spiro atoms. The van der Waals surface area contributed by atoms with Gasteiger partial charge in [0.05, 0.1) is 0 Å². The summed E-state index contributed by atoms with van der Waals surface area (Å²) < 4.78 is 0. The lowest BCUT2D eigenvalue weighted by Crippen LogP contribution is -2.46. The normalized spacial score (nSPS) is 30.0. The largest absolute Gasteiger partial charge is 0.314 e. The molecule has 0 saturated heterocycles. The molecule has 1 rings (SSSR count). The Morgan fingerprint density at radius 1 is 1.21 bits per heavy atom. The van der Waals surface area contributed by atoms with E-state index in [1.165, 1.54) is 32.2 Å². The standard InChI is InChI=1S/C17H36N2/c1-7-18-17-9-8-14(4)11-16(17)12-19(6)15(5)10-13(2)3/h13-18H,7-12H2,1-6H3. The van der Waals surface area contributed by atoms with E-state index in [2.05, 4.69) is 51.9 Å². The van der Waals surface area contributed by atoms with Crippen molar-refractivity contribution in [1.82, 2.24) is 10.2 Å². The van der Waals surface area contributed by atoms with Crippen molar-refractivity contribution in [2.45, 2.75) is 72.4 Å². The number of nitrogens with zero attached hydrogens (tertiary/aromatic N) is 1. The van der Waals surface area contributed by atoms with Gasteiger partial charge in [-0.3, -0.25) is 0 Å². The zero-order valence-corrected chi connectivity index (χ0v) is 14.1. The molecule has 1 aliphatic carbocycles. The zero-order valence-electron chi connectivity index (χ0n) is 14.1. The maximum absolute atomic E-state index is 3.71. The van der Waals surface area contributed by atoms with Crippen molar-refractivity contribution in [2.75, 3.05) is 20.1 Å². The van der Waals surface area contributed by atoms with E-state index < -0.39 is 0 Å². The number of hydrogen-bond donors (Lipinski definition) is 1. The van der Waals surface area contributed by atoms with E-state index in [9.17, 15) is 0 Å². The van der Waals surface area contributed by atoms with Gasteiger partial charge in [0.2, 0.25) is 0 Å². The topological polar surface area (TPSA) is 15.3 Å². The molecule has 19 heavy (non-hydrogen) atoms. The van der Waals surface area contributed by atoms with Crippen molar-refractivity contribution < 1.29 is 0 Å². The summed E-state index contributed by atoms with van der Waals surface area (Å²) in [7, 11) is 2.31. The van der Waals surface area contributed by atoms with Crippen LogP contribution in [0.2, 0.25) is 0 Å². The third kappa shape index (κ3) is 5.83. The lowest BCUT2D eigenvalue weighted by Gasteiger charge is -2.39. The Morgan fingerprint density at radius 3 is 2.47 bits per heavy atom. The molecule has 4 unspecified atom stereocenters. The lowest BCUT2D eigenvalue weighted by molar-refractivity contribution is 0.132. The van der Waals surface area contributed by atoms with Crippen LogP contribution in [0.3, 0.4) is 0 Å². The van der Waals surface area contributed by atoms with Gasteiger partial charge < -0.3 is 10.2 Å². The Hall–Kier alpha value is -0.0800. The van der Waals surface area contributed by atoms with Gasteiger partial charge in [-0.15, -0.1) is 0 Å². The fraction of sp³-hybridized carbons (Fsp3) is 1.00. The summed E-state index contributed by atoms with van der Waals surface area (Å²) in [6.07, 6.45) is 5.48. The third-order valence-electron chi connectivity index (χ3n) is 4.80. The SMILES string of the molecule is CCNC1CCC(C)CC1CN(C)C(C)CC(C)C. The van der Waals surface area contributed by atoms with Crippen LogP contribution in [0.5, 0.6) is 0 Å². The summed E-state index contributed by atoms with van der Waals surface area (Å²) in [6.45, 7) is 14.1. The smallest absolute Gasteiger partial charge is 0.0108 e. The predicted octanol–water partition coefficient (Wildman–Crippen LogP) is 3.77. The van der Waals surface area contributed by atoms with Crippen LogP contribution < -0.4 is 5.32 Å². The van der Waals surface area contributed by atoms with E-state index >= 15 is 0 Å². The molecule has 1 N–H and O–H groups in total. The maximum atomic E-state index is 3.71. The zero-order chi connectivity index (χ0) is 14.4. The van der Waals surface area contributed by atoms with Crippen molar-refractivity contribution in [3.05, 3.63) is 0 Å². The molecular formula is C17H36N2. The summed E-state index contributed by atoms with van der Waals surface area (Å²) in [6, 6.07) is 1.45. The van der Waals surface area contributed by atoms with Crippen LogP contribution in [0.1, 0.15) is 60.3 Å². The first kappa shape index (κ1) is 17.0. The highest BCUT2D eigenvalue weighted by Crippen LogP contribution is 2.30. The van der Waals surface area contributed by atoms with Crippen LogP contribution >= 0.6 is 0 Å². The maximum Gasteiger partial charge on any atom is 0.0108 e. The number of rotatable bonds is 7. The van der Waals surface area contributed by atoms with Gasteiger partial charge >= 0.3 is 0 Å².